The largest absolute Gasteiger partial charge is 0.495 e. The standard InChI is InChI=1S/C16H18FNO2/c1-19-16-6-3-2-5-15(16)18-11-4-12-20-14-9-7-13(17)8-10-14/h2-3,5-10,18H,4,11-12H2,1H3. The van der Waals surface area contributed by atoms with Crippen molar-refractivity contribution in [3.63, 3.8) is 0 Å². The van der Waals surface area contributed by atoms with Gasteiger partial charge in [0.05, 0.1) is 19.4 Å². The third kappa shape index (κ3) is 4.16. The monoisotopic (exact) mass is 275 g/mol. The Balaban J connectivity index is 1.70. The molecule has 0 fully saturated rings. The van der Waals surface area contributed by atoms with Gasteiger partial charge in [-0.3, -0.25) is 0 Å². The fourth-order valence-corrected chi connectivity index (χ4v) is 1.81. The molecule has 1 N–H and O–H groups in total. The molecule has 0 atom stereocenters. The van der Waals surface area contributed by atoms with Crippen LogP contribution in [-0.2, 0) is 0 Å². The number of para-hydroxylation sites is 2. The lowest BCUT2D eigenvalue weighted by atomic mass is 10.3. The van der Waals surface area contributed by atoms with Gasteiger partial charge in [-0.1, -0.05) is 12.1 Å². The summed E-state index contributed by atoms with van der Waals surface area (Å²) in [5, 5.41) is 3.29. The van der Waals surface area contributed by atoms with E-state index in [2.05, 4.69) is 5.32 Å². The van der Waals surface area contributed by atoms with Gasteiger partial charge >= 0.3 is 0 Å². The van der Waals surface area contributed by atoms with Crippen LogP contribution in [0.2, 0.25) is 0 Å². The van der Waals surface area contributed by atoms with E-state index in [9.17, 15) is 4.39 Å². The Morgan fingerprint density at radius 1 is 1.05 bits per heavy atom. The van der Waals surface area contributed by atoms with E-state index in [1.807, 2.05) is 24.3 Å². The first-order valence-corrected chi connectivity index (χ1v) is 6.55. The van der Waals surface area contributed by atoms with Gasteiger partial charge in [-0.2, -0.15) is 0 Å². The molecule has 0 aliphatic heterocycles. The highest BCUT2D eigenvalue weighted by molar-refractivity contribution is 5.55. The summed E-state index contributed by atoms with van der Waals surface area (Å²) in [7, 11) is 1.65. The fraction of sp³-hybridized carbons (Fsp3) is 0.250. The van der Waals surface area contributed by atoms with E-state index in [0.717, 1.165) is 24.4 Å². The molecule has 0 radical (unpaired) electrons. The van der Waals surface area contributed by atoms with E-state index in [4.69, 9.17) is 9.47 Å². The zero-order valence-electron chi connectivity index (χ0n) is 11.4. The van der Waals surface area contributed by atoms with Crippen molar-refractivity contribution in [1.82, 2.24) is 0 Å². The molecule has 0 bridgehead atoms. The number of methoxy groups -OCH3 is 1. The molecule has 0 amide bonds. The molecule has 0 saturated carbocycles. The molecule has 2 aromatic carbocycles. The van der Waals surface area contributed by atoms with Crippen molar-refractivity contribution < 1.29 is 13.9 Å². The van der Waals surface area contributed by atoms with Gasteiger partial charge in [0.2, 0.25) is 0 Å². The van der Waals surface area contributed by atoms with Crippen molar-refractivity contribution in [2.45, 2.75) is 6.42 Å². The zero-order valence-corrected chi connectivity index (χ0v) is 11.4. The molecule has 2 aromatic rings. The van der Waals surface area contributed by atoms with Gasteiger partial charge in [0, 0.05) is 6.54 Å². The second-order valence-corrected chi connectivity index (χ2v) is 4.28. The van der Waals surface area contributed by atoms with Crippen LogP contribution in [0.25, 0.3) is 0 Å². The molecule has 0 saturated heterocycles. The first-order chi connectivity index (χ1) is 9.79. The highest BCUT2D eigenvalue weighted by atomic mass is 19.1. The van der Waals surface area contributed by atoms with Gasteiger partial charge in [-0.05, 0) is 42.8 Å². The third-order valence-electron chi connectivity index (χ3n) is 2.83. The summed E-state index contributed by atoms with van der Waals surface area (Å²) in [6.07, 6.45) is 0.843. The molecule has 2 rings (SSSR count). The van der Waals surface area contributed by atoms with Crippen LogP contribution in [0.1, 0.15) is 6.42 Å². The number of hydrogen-bond acceptors (Lipinski definition) is 3. The third-order valence-corrected chi connectivity index (χ3v) is 2.83. The van der Waals surface area contributed by atoms with Gasteiger partial charge < -0.3 is 14.8 Å². The highest BCUT2D eigenvalue weighted by Crippen LogP contribution is 2.22. The van der Waals surface area contributed by atoms with Gasteiger partial charge in [-0.15, -0.1) is 0 Å². The average molecular weight is 275 g/mol. The van der Waals surface area contributed by atoms with Crippen LogP contribution in [0.15, 0.2) is 48.5 Å². The zero-order chi connectivity index (χ0) is 14.2. The normalized spacial score (nSPS) is 10.1. The van der Waals surface area contributed by atoms with Gasteiger partial charge in [0.25, 0.3) is 0 Å². The predicted octanol–water partition coefficient (Wildman–Crippen LogP) is 3.72. The average Bonchev–Trinajstić information content (AvgIpc) is 2.49. The molecule has 0 unspecified atom stereocenters. The summed E-state index contributed by atoms with van der Waals surface area (Å²) >= 11 is 0. The molecular weight excluding hydrogens is 257 g/mol. The summed E-state index contributed by atoms with van der Waals surface area (Å²) in [5.41, 5.74) is 0.969. The van der Waals surface area contributed by atoms with E-state index >= 15 is 0 Å². The van der Waals surface area contributed by atoms with Crippen LogP contribution in [-0.4, -0.2) is 20.3 Å². The first kappa shape index (κ1) is 14.2. The topological polar surface area (TPSA) is 30.5 Å². The van der Waals surface area contributed by atoms with Crippen LogP contribution in [0.4, 0.5) is 10.1 Å². The van der Waals surface area contributed by atoms with Crippen LogP contribution in [0.5, 0.6) is 11.5 Å². The number of anilines is 1. The Hall–Kier alpha value is -2.23. The van der Waals surface area contributed by atoms with E-state index < -0.39 is 0 Å². The smallest absolute Gasteiger partial charge is 0.141 e. The maximum absolute atomic E-state index is 12.7. The number of ether oxygens (including phenoxy) is 2. The number of nitrogens with one attached hydrogen (secondary N) is 1. The van der Waals surface area contributed by atoms with Crippen molar-refractivity contribution in [2.75, 3.05) is 25.6 Å². The Kier molecular flexibility index (Phi) is 5.24. The van der Waals surface area contributed by atoms with Crippen molar-refractivity contribution in [2.24, 2.45) is 0 Å². The van der Waals surface area contributed by atoms with Gasteiger partial charge in [0.15, 0.2) is 0 Å². The molecule has 0 aliphatic carbocycles. The summed E-state index contributed by atoms with van der Waals surface area (Å²) in [6, 6.07) is 13.8. The molecule has 3 nitrogen and oxygen atoms in total. The van der Waals surface area contributed by atoms with Crippen molar-refractivity contribution in [1.29, 1.82) is 0 Å². The number of hydrogen-bond donors (Lipinski definition) is 1. The molecule has 0 aromatic heterocycles. The van der Waals surface area contributed by atoms with E-state index in [0.29, 0.717) is 12.4 Å². The van der Waals surface area contributed by atoms with Crippen LogP contribution < -0.4 is 14.8 Å². The van der Waals surface area contributed by atoms with Crippen molar-refractivity contribution >= 4 is 5.69 Å². The Morgan fingerprint density at radius 2 is 1.80 bits per heavy atom. The summed E-state index contributed by atoms with van der Waals surface area (Å²) < 4.78 is 23.5. The predicted molar refractivity (Wildman–Crippen MR) is 78.0 cm³/mol. The lowest BCUT2D eigenvalue weighted by molar-refractivity contribution is 0.314. The Labute approximate surface area is 118 Å². The van der Waals surface area contributed by atoms with E-state index in [-0.39, 0.29) is 5.82 Å². The van der Waals surface area contributed by atoms with E-state index in [1.54, 1.807) is 19.2 Å². The molecule has 0 heterocycles. The minimum atomic E-state index is -0.254. The lowest BCUT2D eigenvalue weighted by Crippen LogP contribution is -2.08. The van der Waals surface area contributed by atoms with Gasteiger partial charge in [-0.25, -0.2) is 4.39 Å². The molecule has 20 heavy (non-hydrogen) atoms. The summed E-state index contributed by atoms with van der Waals surface area (Å²) in [4.78, 5) is 0. The first-order valence-electron chi connectivity index (χ1n) is 6.55. The maximum Gasteiger partial charge on any atom is 0.141 e. The molecule has 0 aliphatic rings. The van der Waals surface area contributed by atoms with Crippen molar-refractivity contribution in [3.8, 4) is 11.5 Å². The molecule has 4 heteroatoms. The summed E-state index contributed by atoms with van der Waals surface area (Å²) in [5.74, 6) is 1.26. The number of rotatable bonds is 7. The van der Waals surface area contributed by atoms with Crippen LogP contribution in [0, 0.1) is 5.82 Å². The SMILES string of the molecule is COc1ccccc1NCCCOc1ccc(F)cc1. The number of benzene rings is 2. The lowest BCUT2D eigenvalue weighted by Gasteiger charge is -2.11. The Bertz CT molecular complexity index is 528. The maximum atomic E-state index is 12.7. The van der Waals surface area contributed by atoms with E-state index in [1.165, 1.54) is 12.1 Å². The highest BCUT2D eigenvalue weighted by Gasteiger charge is 2.00. The molecule has 0 spiro atoms. The Morgan fingerprint density at radius 3 is 2.55 bits per heavy atom. The molecule has 106 valence electrons. The second-order valence-electron chi connectivity index (χ2n) is 4.28. The van der Waals surface area contributed by atoms with Crippen molar-refractivity contribution in [3.05, 3.63) is 54.3 Å². The number of halogens is 1. The summed E-state index contributed by atoms with van der Waals surface area (Å²) in [6.45, 7) is 1.36. The van der Waals surface area contributed by atoms with Crippen LogP contribution >= 0.6 is 0 Å². The second kappa shape index (κ2) is 7.38. The minimum Gasteiger partial charge on any atom is -0.495 e. The van der Waals surface area contributed by atoms with Gasteiger partial charge in [0.1, 0.15) is 17.3 Å². The fourth-order valence-electron chi connectivity index (χ4n) is 1.81. The van der Waals surface area contributed by atoms with Crippen LogP contribution in [0.3, 0.4) is 0 Å². The quantitative estimate of drug-likeness (QED) is 0.781. The molecular formula is C16H18FNO2. The minimum absolute atomic E-state index is 0.254.